The van der Waals surface area contributed by atoms with Crippen LogP contribution in [0, 0.1) is 105 Å². The smallest absolute Gasteiger partial charge is 0.542 e. The fraction of sp³-hybridized carbons (Fsp3) is 0.736. The first-order valence-electron chi connectivity index (χ1n) is 23.4. The van der Waals surface area contributed by atoms with Gasteiger partial charge >= 0.3 is 49.0 Å². The zero-order valence-corrected chi connectivity index (χ0v) is 44.9. The van der Waals surface area contributed by atoms with Crippen molar-refractivity contribution in [3.05, 3.63) is 53.0 Å². The van der Waals surface area contributed by atoms with Gasteiger partial charge in [-0.05, 0) is 114 Å². The van der Waals surface area contributed by atoms with Crippen molar-refractivity contribution in [1.82, 2.24) is 5.32 Å². The summed E-state index contributed by atoms with van der Waals surface area (Å²) in [4.78, 5) is 60.6. The topological polar surface area (TPSA) is 147 Å². The van der Waals surface area contributed by atoms with Gasteiger partial charge in [0.1, 0.15) is 6.10 Å². The van der Waals surface area contributed by atoms with Crippen LogP contribution in [-0.4, -0.2) is 52.8 Å². The van der Waals surface area contributed by atoms with Crippen LogP contribution in [-0.2, 0) is 35.3 Å². The molecule has 346 valence electrons. The molecule has 7 rings (SSSR count). The fourth-order valence-corrected chi connectivity index (χ4v) is 14.9. The Bertz CT molecular complexity index is 2020. The molecule has 9 nitrogen and oxygen atoms in total. The van der Waals surface area contributed by atoms with E-state index in [1.807, 2.05) is 0 Å². The molecule has 0 bridgehead atoms. The normalized spacial score (nSPS) is 37.1. The van der Waals surface area contributed by atoms with E-state index in [9.17, 15) is 29.1 Å². The van der Waals surface area contributed by atoms with Crippen molar-refractivity contribution < 1.29 is 70.0 Å². The monoisotopic (exact) mass is 1090 g/mol. The van der Waals surface area contributed by atoms with Gasteiger partial charge < -0.3 is 31.5 Å². The number of fused-ring (bicyclic) bond motifs is 6. The Hall–Kier alpha value is -2.28. The Morgan fingerprint density at radius 1 is 0.825 bits per heavy atom. The van der Waals surface area contributed by atoms with Crippen molar-refractivity contribution in [2.24, 2.45) is 60.1 Å². The summed E-state index contributed by atoms with van der Waals surface area (Å²) in [5.41, 5.74) is 2.62. The molecule has 9 atom stereocenters. The number of allylic oxidation sites excluding steroid dienone is 1. The minimum atomic E-state index is -1.26. The maximum Gasteiger partial charge on any atom is 2.00 e. The van der Waals surface area contributed by atoms with Gasteiger partial charge in [-0.1, -0.05) is 112 Å². The molecule has 6 aliphatic rings. The molecule has 0 aromatic heterocycles. The van der Waals surface area contributed by atoms with E-state index in [0.29, 0.717) is 30.3 Å². The summed E-state index contributed by atoms with van der Waals surface area (Å²) in [5.74, 6) is -2.24. The standard InChI is InChI=1S/C47H68NO5.C6H9O3.U/c1-30(2)36-33(49)25-46(34(53-35(50)26-39(4,5)38(51)52)28-48-27-32-15-13-31(3)14-16-32)23-21-42(8)41(7,37(36)46)19-20-44(10)43(42,9)22-24-47-29-40(47,6)17-12-18-45(44,47)11;1-6(2,3-4-7)5(8)9;/h13-17,30,34,48H,12,18-29H2,1-11H3,(H,51,52);3H2,1-2H3,(H,8,9);/q2*-1;+2/t34?,40?,41?,42-,43?,44+,45?,46?,47-;;/m1../s1. The van der Waals surface area contributed by atoms with Crippen molar-refractivity contribution in [3.63, 3.8) is 0 Å². The number of carboxylic acid groups (broad SMARTS) is 2. The van der Waals surface area contributed by atoms with Gasteiger partial charge in [-0.25, -0.2) is 0 Å². The van der Waals surface area contributed by atoms with Crippen molar-refractivity contribution in [2.75, 3.05) is 6.54 Å². The van der Waals surface area contributed by atoms with Gasteiger partial charge in [0.2, 0.25) is 0 Å². The minimum Gasteiger partial charge on any atom is -0.542 e. The van der Waals surface area contributed by atoms with E-state index in [4.69, 9.17) is 9.84 Å². The van der Waals surface area contributed by atoms with Gasteiger partial charge in [-0.15, -0.1) is 6.42 Å². The summed E-state index contributed by atoms with van der Waals surface area (Å²) in [7, 11) is 0. The Labute approximate surface area is 402 Å². The number of benzene rings is 1. The van der Waals surface area contributed by atoms with Crippen LogP contribution >= 0.6 is 0 Å². The number of Topliss-reactive ketones (excluding diaryl/α,β-unsaturated/α-hetero) is 1. The molecule has 63 heavy (non-hydrogen) atoms. The number of esters is 1. The zero-order chi connectivity index (χ0) is 46.3. The fourth-order valence-electron chi connectivity index (χ4n) is 14.9. The minimum absolute atomic E-state index is 0. The predicted octanol–water partition coefficient (Wildman–Crippen LogP) is 10.8. The Balaban J connectivity index is 0.000000675. The summed E-state index contributed by atoms with van der Waals surface area (Å²) in [5, 5.41) is 22.0. The molecule has 0 amide bonds. The van der Waals surface area contributed by atoms with E-state index < -0.39 is 40.3 Å². The molecule has 3 N–H and O–H groups in total. The maximum atomic E-state index is 14.6. The predicted molar refractivity (Wildman–Crippen MR) is 241 cm³/mol. The van der Waals surface area contributed by atoms with Crippen LogP contribution in [0.1, 0.15) is 171 Å². The van der Waals surface area contributed by atoms with E-state index >= 15 is 0 Å². The van der Waals surface area contributed by atoms with Gasteiger partial charge in [0.15, 0.2) is 5.78 Å². The summed E-state index contributed by atoms with van der Waals surface area (Å²) < 4.78 is 6.59. The van der Waals surface area contributed by atoms with Crippen LogP contribution in [0.2, 0.25) is 0 Å². The molecule has 1 spiro atoms. The van der Waals surface area contributed by atoms with Crippen LogP contribution < -0.4 is 5.32 Å². The van der Waals surface area contributed by atoms with Crippen molar-refractivity contribution >= 4 is 30.0 Å². The van der Waals surface area contributed by atoms with Crippen LogP contribution in [0.15, 0.2) is 35.4 Å². The van der Waals surface area contributed by atoms with Gasteiger partial charge in [-0.2, -0.15) is 11.8 Å². The van der Waals surface area contributed by atoms with Crippen LogP contribution in [0.4, 0.5) is 0 Å². The van der Waals surface area contributed by atoms with Gasteiger partial charge in [0, 0.05) is 30.3 Å². The third-order valence-electron chi connectivity index (χ3n) is 19.7. The third kappa shape index (κ3) is 7.70. The number of rotatable bonds is 13. The molecule has 0 aliphatic heterocycles. The molecular formula is C53H77NO8U. The number of hydrogen-bond acceptors (Lipinski definition) is 7. The molecule has 6 aliphatic carbocycles. The number of aryl methyl sites for hydroxylation is 1. The first kappa shape index (κ1) is 51.7. The average molecular weight is 1090 g/mol. The number of carbonyl (C=O) groups is 4. The molecule has 0 saturated heterocycles. The number of hydrogen-bond donors (Lipinski definition) is 3. The first-order valence-corrected chi connectivity index (χ1v) is 23.4. The van der Waals surface area contributed by atoms with E-state index in [-0.39, 0.29) is 82.7 Å². The number of ether oxygens (including phenoxy) is 1. The second-order valence-electron chi connectivity index (χ2n) is 23.8. The maximum absolute atomic E-state index is 14.6. The van der Waals surface area contributed by atoms with E-state index in [2.05, 4.69) is 98.3 Å². The summed E-state index contributed by atoms with van der Waals surface area (Å²) in [6.07, 6.45) is 13.9. The van der Waals surface area contributed by atoms with Gasteiger partial charge in [0.25, 0.3) is 0 Å². The quantitative estimate of drug-likeness (QED) is 0.130. The second-order valence-corrected chi connectivity index (χ2v) is 23.8. The summed E-state index contributed by atoms with van der Waals surface area (Å²) >= 11 is 0. The SMILES string of the molecule is CC(C)(C[C-]=O)C(=O)O.Cc1ccc(CNCC(OC(=O)CC(C)(C)C(=O)O)C23CC[C@]4(C)C(C)(CC[C@@]5(C)C4(C)CC[C@@]46CC4(C)[CH-]CCC56C)C2=C(C(C)C)C(=O)C3)cc1.[U+2]. The third-order valence-corrected chi connectivity index (χ3v) is 19.7. The summed E-state index contributed by atoms with van der Waals surface area (Å²) in [6.45, 7) is 29.2. The molecule has 0 radical (unpaired) electrons. The number of nitrogens with one attached hydrogen (secondary N) is 1. The average Bonchev–Trinajstić information content (AvgIpc) is 3.68. The molecule has 10 heteroatoms. The Morgan fingerprint density at radius 2 is 1.40 bits per heavy atom. The van der Waals surface area contributed by atoms with Crippen LogP contribution in [0.25, 0.3) is 0 Å². The van der Waals surface area contributed by atoms with Crippen molar-refractivity contribution in [3.8, 4) is 0 Å². The van der Waals surface area contributed by atoms with Crippen LogP contribution in [0.5, 0.6) is 0 Å². The van der Waals surface area contributed by atoms with Gasteiger partial charge in [-0.3, -0.25) is 25.5 Å². The number of carbonyl (C=O) groups excluding carboxylic acids is 3. The largest absolute Gasteiger partial charge is 2.00 e. The molecule has 1 aromatic carbocycles. The Morgan fingerprint density at radius 3 is 1.95 bits per heavy atom. The van der Waals surface area contributed by atoms with E-state index in [1.165, 1.54) is 57.1 Å². The van der Waals surface area contributed by atoms with E-state index in [0.717, 1.165) is 36.8 Å². The second kappa shape index (κ2) is 17.1. The van der Waals surface area contributed by atoms with Crippen molar-refractivity contribution in [2.45, 2.75) is 180 Å². The van der Waals surface area contributed by atoms with Crippen molar-refractivity contribution in [1.29, 1.82) is 0 Å². The molecule has 1 aromatic rings. The molecule has 0 heterocycles. The number of carboxylic acids is 2. The first-order chi connectivity index (χ1) is 28.5. The van der Waals surface area contributed by atoms with Crippen LogP contribution in [0.3, 0.4) is 0 Å². The number of ketones is 1. The molecular weight excluding hydrogens is 1020 g/mol. The van der Waals surface area contributed by atoms with Gasteiger partial charge in [0.05, 0.1) is 11.8 Å². The Kier molecular flexibility index (Phi) is 14.0. The number of aliphatic carboxylic acids is 2. The van der Waals surface area contributed by atoms with E-state index in [1.54, 1.807) is 20.1 Å². The molecule has 5 saturated carbocycles. The summed E-state index contributed by atoms with van der Waals surface area (Å²) in [6, 6.07) is 8.45. The zero-order valence-electron chi connectivity index (χ0n) is 40.8. The molecule has 5 fully saturated rings. The molecule has 6 unspecified atom stereocenters.